The lowest BCUT2D eigenvalue weighted by atomic mass is 9.94. The van der Waals surface area contributed by atoms with E-state index < -0.39 is 29.2 Å². The number of rotatable bonds is 4. The maximum atomic E-state index is 13.3. The molecule has 8 nitrogen and oxygen atoms in total. The van der Waals surface area contributed by atoms with Crippen LogP contribution in [0.15, 0.2) is 72.8 Å². The predicted octanol–water partition coefficient (Wildman–Crippen LogP) is 6.30. The van der Waals surface area contributed by atoms with Gasteiger partial charge in [0, 0.05) is 68.7 Å². The number of nitrogens with two attached hydrogens (primary N) is 1. The van der Waals surface area contributed by atoms with Crippen molar-refractivity contribution >= 4 is 40.3 Å². The van der Waals surface area contributed by atoms with Crippen LogP contribution in [-0.2, 0) is 0 Å². The minimum absolute atomic E-state index is 0.0134. The van der Waals surface area contributed by atoms with E-state index in [9.17, 15) is 31.9 Å². The summed E-state index contributed by atoms with van der Waals surface area (Å²) in [4.78, 5) is 40.8. The van der Waals surface area contributed by atoms with E-state index in [1.165, 1.54) is 12.1 Å². The Morgan fingerprint density at radius 1 is 0.717 bits per heavy atom. The van der Waals surface area contributed by atoms with Gasteiger partial charge in [0.2, 0.25) is 0 Å². The summed E-state index contributed by atoms with van der Waals surface area (Å²) in [5.74, 6) is -4.85. The van der Waals surface area contributed by atoms with E-state index in [1.54, 1.807) is 37.4 Å². The number of halogens is 4. The standard InChI is InChI=1S/C17H17F2N3O.C17H14F2N2O2/c1-22-8-7-15(20)11-3-2-4-12(16(11)22)17(23)21-10-5-6-13(18)14(19)9-10;1-21-8-7-15(22)11-3-2-4-12(16(11)21)17(23)20-10-5-6-13(18)14(19)9-10/h2-6,9,15H,7-8,20H2,1H3,(H,21,23);2-6,9H,7-8H2,1H3,(H,20,23). The highest BCUT2D eigenvalue weighted by atomic mass is 19.2. The highest BCUT2D eigenvalue weighted by molar-refractivity contribution is 6.14. The van der Waals surface area contributed by atoms with Gasteiger partial charge in [-0.15, -0.1) is 0 Å². The number of Topliss-reactive ketones (excluding diaryl/α,β-unsaturated/α-hetero) is 1. The van der Waals surface area contributed by atoms with E-state index in [0.717, 1.165) is 48.5 Å². The monoisotopic (exact) mass is 633 g/mol. The average molecular weight is 634 g/mol. The molecule has 0 bridgehead atoms. The second kappa shape index (κ2) is 13.4. The molecular weight excluding hydrogens is 602 g/mol. The van der Waals surface area contributed by atoms with Crippen molar-refractivity contribution in [2.45, 2.75) is 18.9 Å². The van der Waals surface area contributed by atoms with Crippen LogP contribution >= 0.6 is 0 Å². The topological polar surface area (TPSA) is 108 Å². The molecule has 0 radical (unpaired) electrons. The van der Waals surface area contributed by atoms with Crippen molar-refractivity contribution in [2.24, 2.45) is 5.73 Å². The summed E-state index contributed by atoms with van der Waals surface area (Å²) in [6.45, 7) is 1.28. The van der Waals surface area contributed by atoms with Gasteiger partial charge in [0.25, 0.3) is 11.8 Å². The molecule has 0 aliphatic carbocycles. The molecule has 238 valence electrons. The van der Waals surface area contributed by atoms with Crippen LogP contribution in [0.25, 0.3) is 0 Å². The highest BCUT2D eigenvalue weighted by Gasteiger charge is 2.27. The number of nitrogens with zero attached hydrogens (tertiary/aromatic N) is 2. The van der Waals surface area contributed by atoms with Gasteiger partial charge < -0.3 is 26.2 Å². The van der Waals surface area contributed by atoms with Crippen LogP contribution in [0.3, 0.4) is 0 Å². The van der Waals surface area contributed by atoms with E-state index in [1.807, 2.05) is 22.9 Å². The van der Waals surface area contributed by atoms with Gasteiger partial charge in [-0.2, -0.15) is 0 Å². The number of para-hydroxylation sites is 2. The van der Waals surface area contributed by atoms with Crippen molar-refractivity contribution < 1.29 is 31.9 Å². The molecule has 0 spiro atoms. The van der Waals surface area contributed by atoms with E-state index in [4.69, 9.17) is 5.73 Å². The van der Waals surface area contributed by atoms with E-state index in [2.05, 4.69) is 10.6 Å². The Morgan fingerprint density at radius 3 is 1.80 bits per heavy atom. The molecule has 2 heterocycles. The van der Waals surface area contributed by atoms with Crippen molar-refractivity contribution in [1.82, 2.24) is 0 Å². The molecule has 6 rings (SSSR count). The van der Waals surface area contributed by atoms with Gasteiger partial charge in [-0.1, -0.05) is 18.2 Å². The average Bonchev–Trinajstić information content (AvgIpc) is 3.04. The number of amides is 2. The number of carbonyl (C=O) groups is 3. The van der Waals surface area contributed by atoms with E-state index >= 15 is 0 Å². The van der Waals surface area contributed by atoms with Crippen LogP contribution in [0.1, 0.15) is 55.5 Å². The van der Waals surface area contributed by atoms with Crippen LogP contribution < -0.4 is 26.2 Å². The highest BCUT2D eigenvalue weighted by Crippen LogP contribution is 2.35. The lowest BCUT2D eigenvalue weighted by Crippen LogP contribution is -2.32. The van der Waals surface area contributed by atoms with Crippen molar-refractivity contribution in [1.29, 1.82) is 0 Å². The molecule has 1 unspecified atom stereocenters. The molecule has 4 N–H and O–H groups in total. The fourth-order valence-corrected chi connectivity index (χ4v) is 5.49. The van der Waals surface area contributed by atoms with Gasteiger partial charge >= 0.3 is 0 Å². The summed E-state index contributed by atoms with van der Waals surface area (Å²) in [5.41, 5.74) is 10.0. The number of ketones is 1. The van der Waals surface area contributed by atoms with Crippen LogP contribution in [-0.4, -0.2) is 44.8 Å². The SMILES string of the molecule is CN1CCC(=O)c2cccc(C(=O)Nc3ccc(F)c(F)c3)c21.CN1CCC(N)c2cccc(C(=O)Nc3ccc(F)c(F)c3)c21. The number of carbonyl (C=O) groups excluding carboxylic acids is 3. The molecule has 1 atom stereocenters. The number of fused-ring (bicyclic) bond motifs is 2. The van der Waals surface area contributed by atoms with Crippen molar-refractivity contribution in [3.63, 3.8) is 0 Å². The second-order valence-electron chi connectivity index (χ2n) is 11.0. The van der Waals surface area contributed by atoms with E-state index in [-0.39, 0.29) is 29.1 Å². The molecule has 0 aromatic heterocycles. The molecule has 2 amide bonds. The normalized spacial score (nSPS) is 15.3. The Bertz CT molecular complexity index is 1830. The number of nitrogens with one attached hydrogen (secondary N) is 2. The van der Waals surface area contributed by atoms with Crippen LogP contribution in [0.2, 0.25) is 0 Å². The first kappa shape index (κ1) is 32.2. The Kier molecular flexibility index (Phi) is 9.38. The van der Waals surface area contributed by atoms with Gasteiger partial charge in [-0.25, -0.2) is 17.6 Å². The first-order valence-electron chi connectivity index (χ1n) is 14.4. The zero-order chi connectivity index (χ0) is 33.1. The molecule has 2 aliphatic heterocycles. The van der Waals surface area contributed by atoms with Gasteiger partial charge in [0.15, 0.2) is 29.1 Å². The largest absolute Gasteiger partial charge is 0.374 e. The first-order chi connectivity index (χ1) is 21.9. The minimum atomic E-state index is -1.04. The number of benzene rings is 4. The second-order valence-corrected chi connectivity index (χ2v) is 11.0. The molecule has 12 heteroatoms. The van der Waals surface area contributed by atoms with Crippen LogP contribution in [0.5, 0.6) is 0 Å². The van der Waals surface area contributed by atoms with Crippen LogP contribution in [0.4, 0.5) is 40.3 Å². The summed E-state index contributed by atoms with van der Waals surface area (Å²) in [5, 5.41) is 5.13. The summed E-state index contributed by atoms with van der Waals surface area (Å²) in [6.07, 6.45) is 1.22. The fraction of sp³-hybridized carbons (Fsp3) is 0.206. The number of hydrogen-bond donors (Lipinski definition) is 3. The third-order valence-electron chi connectivity index (χ3n) is 7.86. The minimum Gasteiger partial charge on any atom is -0.374 e. The molecule has 2 aliphatic rings. The number of anilines is 4. The van der Waals surface area contributed by atoms with Gasteiger partial charge in [0.05, 0.1) is 22.5 Å². The Labute approximate surface area is 262 Å². The van der Waals surface area contributed by atoms with Gasteiger partial charge in [-0.05, 0) is 54.4 Å². The predicted molar refractivity (Wildman–Crippen MR) is 169 cm³/mol. The molecule has 4 aromatic rings. The molecule has 0 fully saturated rings. The Morgan fingerprint density at radius 2 is 1.24 bits per heavy atom. The van der Waals surface area contributed by atoms with Gasteiger partial charge in [0.1, 0.15) is 0 Å². The zero-order valence-corrected chi connectivity index (χ0v) is 25.0. The third-order valence-corrected chi connectivity index (χ3v) is 7.86. The van der Waals surface area contributed by atoms with Crippen LogP contribution in [0, 0.1) is 23.3 Å². The summed E-state index contributed by atoms with van der Waals surface area (Å²) < 4.78 is 52.4. The smallest absolute Gasteiger partial charge is 0.257 e. The molecule has 4 aromatic carbocycles. The summed E-state index contributed by atoms with van der Waals surface area (Å²) >= 11 is 0. The summed E-state index contributed by atoms with van der Waals surface area (Å²) in [6, 6.07) is 16.6. The molecule has 46 heavy (non-hydrogen) atoms. The number of hydrogen-bond acceptors (Lipinski definition) is 6. The lowest BCUT2D eigenvalue weighted by molar-refractivity contribution is 0.0979. The summed E-state index contributed by atoms with van der Waals surface area (Å²) in [7, 11) is 3.71. The first-order valence-corrected chi connectivity index (χ1v) is 14.4. The van der Waals surface area contributed by atoms with Crippen molar-refractivity contribution in [3.05, 3.63) is 118 Å². The maximum absolute atomic E-state index is 13.3. The molecule has 0 saturated heterocycles. The lowest BCUT2D eigenvalue weighted by Gasteiger charge is -2.33. The quantitative estimate of drug-likeness (QED) is 0.228. The fourth-order valence-electron chi connectivity index (χ4n) is 5.49. The van der Waals surface area contributed by atoms with E-state index in [0.29, 0.717) is 35.3 Å². The van der Waals surface area contributed by atoms with Crippen molar-refractivity contribution in [2.75, 3.05) is 47.6 Å². The third kappa shape index (κ3) is 6.71. The zero-order valence-electron chi connectivity index (χ0n) is 25.0. The Hall–Kier alpha value is -5.23. The van der Waals surface area contributed by atoms with Gasteiger partial charge in [-0.3, -0.25) is 14.4 Å². The Balaban J connectivity index is 0.000000181. The molecule has 0 saturated carbocycles. The molecular formula is C34H31F4N5O3. The van der Waals surface area contributed by atoms with Crippen molar-refractivity contribution in [3.8, 4) is 0 Å². The maximum Gasteiger partial charge on any atom is 0.257 e.